The zero-order valence-corrected chi connectivity index (χ0v) is 14.0. The summed E-state index contributed by atoms with van der Waals surface area (Å²) >= 11 is 0. The predicted octanol–water partition coefficient (Wildman–Crippen LogP) is 5.30. The van der Waals surface area contributed by atoms with E-state index in [2.05, 4.69) is 59.9 Å². The molecule has 0 amide bonds. The average molecular weight is 309 g/mol. The molecular weight excluding hydrogens is 282 g/mol. The largest absolute Gasteiger partial charge is 0.494 e. The number of hydrogen-bond donors (Lipinski definition) is 1. The third-order valence-electron chi connectivity index (χ3n) is 4.69. The summed E-state index contributed by atoms with van der Waals surface area (Å²) in [7, 11) is 0. The highest BCUT2D eigenvalue weighted by Crippen LogP contribution is 2.29. The van der Waals surface area contributed by atoms with Gasteiger partial charge in [0.15, 0.2) is 0 Å². The van der Waals surface area contributed by atoms with E-state index in [9.17, 15) is 0 Å². The van der Waals surface area contributed by atoms with Gasteiger partial charge < -0.3 is 10.1 Å². The van der Waals surface area contributed by atoms with Crippen LogP contribution < -0.4 is 10.1 Å². The van der Waals surface area contributed by atoms with Crippen LogP contribution in [0.15, 0.2) is 54.6 Å². The fourth-order valence-electron chi connectivity index (χ4n) is 3.60. The lowest BCUT2D eigenvalue weighted by atomic mass is 9.82. The van der Waals surface area contributed by atoms with Crippen molar-refractivity contribution in [1.82, 2.24) is 0 Å². The highest BCUT2D eigenvalue weighted by molar-refractivity contribution is 5.47. The number of ether oxygens (including phenoxy) is 1. The van der Waals surface area contributed by atoms with E-state index in [1.165, 1.54) is 43.4 Å². The lowest BCUT2D eigenvalue weighted by Crippen LogP contribution is -2.28. The first-order valence-electron chi connectivity index (χ1n) is 8.87. The minimum Gasteiger partial charge on any atom is -0.494 e. The van der Waals surface area contributed by atoms with Gasteiger partial charge in [-0.05, 0) is 68.4 Å². The average Bonchev–Trinajstić information content (AvgIpc) is 2.58. The molecule has 23 heavy (non-hydrogen) atoms. The quantitative estimate of drug-likeness (QED) is 0.782. The molecule has 2 heteroatoms. The molecule has 0 aliphatic heterocycles. The predicted molar refractivity (Wildman–Crippen MR) is 97.1 cm³/mol. The molecule has 2 aromatic rings. The van der Waals surface area contributed by atoms with Gasteiger partial charge in [-0.15, -0.1) is 0 Å². The van der Waals surface area contributed by atoms with Crippen molar-refractivity contribution in [2.24, 2.45) is 5.92 Å². The normalized spacial score (nSPS) is 20.9. The van der Waals surface area contributed by atoms with Crippen molar-refractivity contribution in [3.63, 3.8) is 0 Å². The van der Waals surface area contributed by atoms with E-state index in [1.807, 2.05) is 6.92 Å². The minimum atomic E-state index is 0.593. The van der Waals surface area contributed by atoms with Gasteiger partial charge in [0.25, 0.3) is 0 Å². The van der Waals surface area contributed by atoms with Gasteiger partial charge in [0.2, 0.25) is 0 Å². The Morgan fingerprint density at radius 3 is 2.52 bits per heavy atom. The van der Waals surface area contributed by atoms with Crippen LogP contribution in [0, 0.1) is 5.92 Å². The Kier molecular flexibility index (Phi) is 5.57. The Hall–Kier alpha value is -1.96. The molecule has 2 nitrogen and oxygen atoms in total. The molecule has 1 fully saturated rings. The van der Waals surface area contributed by atoms with Crippen molar-refractivity contribution < 1.29 is 4.74 Å². The first kappa shape index (κ1) is 15.9. The van der Waals surface area contributed by atoms with Crippen LogP contribution in [0.1, 0.15) is 38.2 Å². The van der Waals surface area contributed by atoms with Crippen LogP contribution in [0.5, 0.6) is 5.75 Å². The van der Waals surface area contributed by atoms with Crippen LogP contribution in [0.2, 0.25) is 0 Å². The molecule has 0 saturated heterocycles. The van der Waals surface area contributed by atoms with Crippen LogP contribution in [0.3, 0.4) is 0 Å². The van der Waals surface area contributed by atoms with E-state index in [0.29, 0.717) is 6.04 Å². The van der Waals surface area contributed by atoms with Crippen LogP contribution in [0.4, 0.5) is 5.69 Å². The molecular formula is C21H27NO. The summed E-state index contributed by atoms with van der Waals surface area (Å²) in [6.07, 6.45) is 6.44. The number of nitrogens with one attached hydrogen (secondary N) is 1. The third-order valence-corrected chi connectivity index (χ3v) is 4.69. The van der Waals surface area contributed by atoms with Crippen molar-refractivity contribution in [1.29, 1.82) is 0 Å². The standard InChI is InChI=1S/C21H27NO/c1-2-23-21-13-11-19(12-14-21)22-20-10-6-9-18(16-20)15-17-7-4-3-5-8-17/h3-5,7-8,11-14,18,20,22H,2,6,9-10,15-16H2,1H3/t18-,20+/m1/s1. The van der Waals surface area contributed by atoms with E-state index in [4.69, 9.17) is 4.74 Å². The van der Waals surface area contributed by atoms with Gasteiger partial charge in [-0.1, -0.05) is 36.8 Å². The summed E-state index contributed by atoms with van der Waals surface area (Å²) < 4.78 is 5.51. The molecule has 1 N–H and O–H groups in total. The number of anilines is 1. The van der Waals surface area contributed by atoms with Gasteiger partial charge >= 0.3 is 0 Å². The Bertz CT molecular complexity index is 579. The maximum Gasteiger partial charge on any atom is 0.119 e. The van der Waals surface area contributed by atoms with Crippen molar-refractivity contribution in [2.75, 3.05) is 11.9 Å². The summed E-state index contributed by atoms with van der Waals surface area (Å²) in [5.74, 6) is 1.75. The first-order valence-corrected chi connectivity index (χ1v) is 8.87. The molecule has 1 aliphatic carbocycles. The maximum atomic E-state index is 5.51. The molecule has 0 radical (unpaired) electrons. The second-order valence-electron chi connectivity index (χ2n) is 6.52. The molecule has 0 heterocycles. The summed E-state index contributed by atoms with van der Waals surface area (Å²) in [5.41, 5.74) is 2.68. The summed E-state index contributed by atoms with van der Waals surface area (Å²) in [6, 6.07) is 19.9. The van der Waals surface area contributed by atoms with Gasteiger partial charge in [-0.25, -0.2) is 0 Å². The second kappa shape index (κ2) is 8.05. The summed E-state index contributed by atoms with van der Waals surface area (Å²) in [5, 5.41) is 3.71. The second-order valence-corrected chi connectivity index (χ2v) is 6.52. The summed E-state index contributed by atoms with van der Waals surface area (Å²) in [6.45, 7) is 2.73. The van der Waals surface area contributed by atoms with E-state index in [0.717, 1.165) is 18.3 Å². The number of hydrogen-bond acceptors (Lipinski definition) is 2. The Morgan fingerprint density at radius 2 is 1.78 bits per heavy atom. The van der Waals surface area contributed by atoms with E-state index in [-0.39, 0.29) is 0 Å². The fourth-order valence-corrected chi connectivity index (χ4v) is 3.60. The van der Waals surface area contributed by atoms with Gasteiger partial charge in [0.1, 0.15) is 5.75 Å². The molecule has 0 bridgehead atoms. The molecule has 0 spiro atoms. The molecule has 2 aromatic carbocycles. The monoisotopic (exact) mass is 309 g/mol. The van der Waals surface area contributed by atoms with Crippen LogP contribution in [-0.4, -0.2) is 12.6 Å². The van der Waals surface area contributed by atoms with Crippen molar-refractivity contribution >= 4 is 5.69 Å². The highest BCUT2D eigenvalue weighted by Gasteiger charge is 2.22. The van der Waals surface area contributed by atoms with Crippen molar-refractivity contribution in [3.8, 4) is 5.75 Å². The van der Waals surface area contributed by atoms with Gasteiger partial charge in [0, 0.05) is 11.7 Å². The van der Waals surface area contributed by atoms with Crippen LogP contribution in [0.25, 0.3) is 0 Å². The topological polar surface area (TPSA) is 21.3 Å². The van der Waals surface area contributed by atoms with Crippen LogP contribution in [-0.2, 0) is 6.42 Å². The third kappa shape index (κ3) is 4.75. The van der Waals surface area contributed by atoms with E-state index >= 15 is 0 Å². The molecule has 122 valence electrons. The highest BCUT2D eigenvalue weighted by atomic mass is 16.5. The van der Waals surface area contributed by atoms with E-state index in [1.54, 1.807) is 0 Å². The molecule has 0 aromatic heterocycles. The molecule has 1 saturated carbocycles. The SMILES string of the molecule is CCOc1ccc(N[C@H]2CCC[C@H](Cc3ccccc3)C2)cc1. The zero-order chi connectivity index (χ0) is 15.9. The number of benzene rings is 2. The molecule has 2 atom stereocenters. The Labute approximate surface area is 139 Å². The van der Waals surface area contributed by atoms with Crippen molar-refractivity contribution in [3.05, 3.63) is 60.2 Å². The number of rotatable bonds is 6. The van der Waals surface area contributed by atoms with E-state index < -0.39 is 0 Å². The van der Waals surface area contributed by atoms with Crippen molar-refractivity contribution in [2.45, 2.75) is 45.1 Å². The summed E-state index contributed by atoms with van der Waals surface area (Å²) in [4.78, 5) is 0. The van der Waals surface area contributed by atoms with Crippen LogP contribution >= 0.6 is 0 Å². The Balaban J connectivity index is 1.54. The van der Waals surface area contributed by atoms with Gasteiger partial charge in [0.05, 0.1) is 6.61 Å². The minimum absolute atomic E-state index is 0.593. The Morgan fingerprint density at radius 1 is 1.00 bits per heavy atom. The molecule has 1 aliphatic rings. The molecule has 3 rings (SSSR count). The molecule has 0 unspecified atom stereocenters. The maximum absolute atomic E-state index is 5.51. The van der Waals surface area contributed by atoms with Gasteiger partial charge in [-0.2, -0.15) is 0 Å². The lowest BCUT2D eigenvalue weighted by Gasteiger charge is -2.30. The lowest BCUT2D eigenvalue weighted by molar-refractivity contribution is 0.333. The van der Waals surface area contributed by atoms with Gasteiger partial charge in [-0.3, -0.25) is 0 Å². The fraction of sp³-hybridized carbons (Fsp3) is 0.429. The smallest absolute Gasteiger partial charge is 0.119 e. The zero-order valence-electron chi connectivity index (χ0n) is 14.0. The first-order chi connectivity index (χ1) is 11.3.